The normalized spacial score (nSPS) is 14.2. The Balaban J connectivity index is 1.80. The Bertz CT molecular complexity index is 903. The smallest absolute Gasteiger partial charge is 0.278 e. The SMILES string of the molecule is CCCCOCCCN1C(=O)C(Nc2cccc(C)c2C)=C(c2cccs2)C1=O. The van der Waals surface area contributed by atoms with E-state index in [1.165, 1.54) is 16.2 Å². The van der Waals surface area contributed by atoms with Crippen LogP contribution in [0.15, 0.2) is 41.4 Å². The van der Waals surface area contributed by atoms with Crippen molar-refractivity contribution >= 4 is 34.4 Å². The zero-order chi connectivity index (χ0) is 20.8. The van der Waals surface area contributed by atoms with Crippen molar-refractivity contribution in [3.63, 3.8) is 0 Å². The highest BCUT2D eigenvalue weighted by molar-refractivity contribution is 7.11. The van der Waals surface area contributed by atoms with E-state index in [0.717, 1.165) is 41.1 Å². The Morgan fingerprint density at radius 3 is 2.55 bits per heavy atom. The molecule has 5 nitrogen and oxygen atoms in total. The summed E-state index contributed by atoms with van der Waals surface area (Å²) >= 11 is 1.46. The molecule has 1 aromatic carbocycles. The van der Waals surface area contributed by atoms with Gasteiger partial charge in [0.2, 0.25) is 0 Å². The summed E-state index contributed by atoms with van der Waals surface area (Å²) in [6.45, 7) is 7.78. The number of carbonyl (C=O) groups excluding carboxylic acids is 2. The van der Waals surface area contributed by atoms with Crippen LogP contribution in [0.4, 0.5) is 5.69 Å². The number of unbranched alkanes of at least 4 members (excludes halogenated alkanes) is 1. The lowest BCUT2D eigenvalue weighted by Crippen LogP contribution is -2.34. The highest BCUT2D eigenvalue weighted by atomic mass is 32.1. The molecule has 1 N–H and O–H groups in total. The number of carbonyl (C=O) groups is 2. The first-order valence-electron chi connectivity index (χ1n) is 10.1. The van der Waals surface area contributed by atoms with E-state index >= 15 is 0 Å². The molecule has 0 atom stereocenters. The molecule has 1 aromatic heterocycles. The maximum absolute atomic E-state index is 13.1. The number of benzene rings is 1. The lowest BCUT2D eigenvalue weighted by molar-refractivity contribution is -0.137. The molecule has 2 heterocycles. The molecule has 154 valence electrons. The fourth-order valence-electron chi connectivity index (χ4n) is 3.24. The summed E-state index contributed by atoms with van der Waals surface area (Å²) in [5.74, 6) is -0.508. The lowest BCUT2D eigenvalue weighted by Gasteiger charge is -2.16. The summed E-state index contributed by atoms with van der Waals surface area (Å²) in [6, 6.07) is 9.69. The quantitative estimate of drug-likeness (QED) is 0.451. The van der Waals surface area contributed by atoms with Crippen LogP contribution in [0, 0.1) is 13.8 Å². The number of imide groups is 1. The van der Waals surface area contributed by atoms with Crippen LogP contribution in [-0.2, 0) is 14.3 Å². The molecule has 1 aliphatic heterocycles. The maximum atomic E-state index is 13.1. The molecule has 0 unspecified atom stereocenters. The van der Waals surface area contributed by atoms with E-state index in [4.69, 9.17) is 4.74 Å². The predicted octanol–water partition coefficient (Wildman–Crippen LogP) is 4.76. The number of nitrogens with zero attached hydrogens (tertiary/aromatic N) is 1. The van der Waals surface area contributed by atoms with Crippen molar-refractivity contribution in [3.8, 4) is 0 Å². The van der Waals surface area contributed by atoms with E-state index in [9.17, 15) is 9.59 Å². The van der Waals surface area contributed by atoms with Gasteiger partial charge in [0.15, 0.2) is 0 Å². The third-order valence-corrected chi connectivity index (χ3v) is 6.00. The van der Waals surface area contributed by atoms with Crippen LogP contribution in [0.2, 0.25) is 0 Å². The van der Waals surface area contributed by atoms with E-state index in [1.807, 2.05) is 49.6 Å². The third-order valence-electron chi connectivity index (χ3n) is 5.11. The molecule has 3 rings (SSSR count). The number of nitrogens with one attached hydrogen (secondary N) is 1. The van der Waals surface area contributed by atoms with Gasteiger partial charge in [-0.1, -0.05) is 31.5 Å². The molecular weight excluding hydrogens is 384 g/mol. The molecule has 1 aliphatic rings. The fraction of sp³-hybridized carbons (Fsp3) is 0.391. The van der Waals surface area contributed by atoms with Crippen LogP contribution in [0.1, 0.15) is 42.2 Å². The summed E-state index contributed by atoms with van der Waals surface area (Å²) in [5, 5.41) is 5.18. The Morgan fingerprint density at radius 1 is 1.03 bits per heavy atom. The summed E-state index contributed by atoms with van der Waals surface area (Å²) < 4.78 is 5.58. The zero-order valence-corrected chi connectivity index (χ0v) is 18.1. The third kappa shape index (κ3) is 4.77. The average molecular weight is 413 g/mol. The highest BCUT2D eigenvalue weighted by Gasteiger charge is 2.39. The number of rotatable bonds is 10. The predicted molar refractivity (Wildman–Crippen MR) is 118 cm³/mol. The van der Waals surface area contributed by atoms with E-state index in [0.29, 0.717) is 30.8 Å². The van der Waals surface area contributed by atoms with Crippen molar-refractivity contribution in [2.75, 3.05) is 25.1 Å². The van der Waals surface area contributed by atoms with E-state index in [1.54, 1.807) is 0 Å². The molecule has 0 saturated heterocycles. The number of hydrogen-bond acceptors (Lipinski definition) is 5. The first-order chi connectivity index (χ1) is 14.0. The average Bonchev–Trinajstić information content (AvgIpc) is 3.30. The second-order valence-corrected chi connectivity index (χ2v) is 8.13. The van der Waals surface area contributed by atoms with Gasteiger partial charge in [-0.2, -0.15) is 0 Å². The molecule has 29 heavy (non-hydrogen) atoms. The molecule has 0 bridgehead atoms. The molecule has 0 saturated carbocycles. The van der Waals surface area contributed by atoms with Crippen LogP contribution >= 0.6 is 11.3 Å². The van der Waals surface area contributed by atoms with Crippen LogP contribution in [0.5, 0.6) is 0 Å². The van der Waals surface area contributed by atoms with Gasteiger partial charge in [-0.15, -0.1) is 11.3 Å². The monoisotopic (exact) mass is 412 g/mol. The van der Waals surface area contributed by atoms with Gasteiger partial charge in [0.05, 0.1) is 5.57 Å². The number of anilines is 1. The zero-order valence-electron chi connectivity index (χ0n) is 17.3. The Morgan fingerprint density at radius 2 is 1.83 bits per heavy atom. The Labute approximate surface area is 176 Å². The molecule has 2 amide bonds. The second-order valence-electron chi connectivity index (χ2n) is 7.18. The van der Waals surface area contributed by atoms with Crippen LogP contribution < -0.4 is 5.32 Å². The van der Waals surface area contributed by atoms with Gasteiger partial charge in [0.1, 0.15) is 5.70 Å². The van der Waals surface area contributed by atoms with Gasteiger partial charge >= 0.3 is 0 Å². The number of amides is 2. The van der Waals surface area contributed by atoms with Gasteiger partial charge in [0, 0.05) is 30.3 Å². The van der Waals surface area contributed by atoms with E-state index in [2.05, 4.69) is 12.2 Å². The minimum Gasteiger partial charge on any atom is -0.381 e. The molecule has 0 spiro atoms. The topological polar surface area (TPSA) is 58.6 Å². The minimum atomic E-state index is -0.270. The summed E-state index contributed by atoms with van der Waals surface area (Å²) in [6.07, 6.45) is 2.75. The number of thiophene rings is 1. The molecule has 0 fully saturated rings. The van der Waals surface area contributed by atoms with Crippen molar-refractivity contribution < 1.29 is 14.3 Å². The van der Waals surface area contributed by atoms with Crippen LogP contribution in [-0.4, -0.2) is 36.5 Å². The molecule has 0 aliphatic carbocycles. The largest absolute Gasteiger partial charge is 0.381 e. The molecule has 2 aromatic rings. The fourth-order valence-corrected chi connectivity index (χ4v) is 4.01. The maximum Gasteiger partial charge on any atom is 0.278 e. The lowest BCUT2D eigenvalue weighted by atomic mass is 10.1. The van der Waals surface area contributed by atoms with E-state index in [-0.39, 0.29) is 11.8 Å². The van der Waals surface area contributed by atoms with E-state index < -0.39 is 0 Å². The van der Waals surface area contributed by atoms with Crippen molar-refractivity contribution in [1.82, 2.24) is 4.90 Å². The number of ether oxygens (including phenoxy) is 1. The number of hydrogen-bond donors (Lipinski definition) is 1. The summed E-state index contributed by atoms with van der Waals surface area (Å²) in [4.78, 5) is 28.4. The first kappa shape index (κ1) is 21.3. The van der Waals surface area contributed by atoms with Crippen molar-refractivity contribution in [2.45, 2.75) is 40.0 Å². The Hall–Kier alpha value is -2.44. The van der Waals surface area contributed by atoms with Gasteiger partial charge in [-0.05, 0) is 55.3 Å². The molecule has 0 radical (unpaired) electrons. The molecule has 6 heteroatoms. The van der Waals surface area contributed by atoms with Crippen LogP contribution in [0.25, 0.3) is 5.57 Å². The standard InChI is InChI=1S/C23H28N2O3S/c1-4-5-13-28-14-8-12-25-22(26)20(19-11-7-15-29-19)21(23(25)27)24-18-10-6-9-16(2)17(18)3/h6-7,9-11,15,24H,4-5,8,12-14H2,1-3H3. The number of aryl methyl sites for hydroxylation is 1. The second kappa shape index (κ2) is 9.85. The van der Waals surface area contributed by atoms with Gasteiger partial charge in [-0.3, -0.25) is 14.5 Å². The molecular formula is C23H28N2O3S. The van der Waals surface area contributed by atoms with Crippen LogP contribution in [0.3, 0.4) is 0 Å². The van der Waals surface area contributed by atoms with Gasteiger partial charge in [0.25, 0.3) is 11.8 Å². The first-order valence-corrected chi connectivity index (χ1v) is 11.0. The van der Waals surface area contributed by atoms with Gasteiger partial charge < -0.3 is 10.1 Å². The van der Waals surface area contributed by atoms with Gasteiger partial charge in [-0.25, -0.2) is 0 Å². The van der Waals surface area contributed by atoms with Crippen molar-refractivity contribution in [1.29, 1.82) is 0 Å². The Kier molecular flexibility index (Phi) is 7.23. The van der Waals surface area contributed by atoms with Crippen molar-refractivity contribution in [3.05, 3.63) is 57.4 Å². The summed E-state index contributed by atoms with van der Waals surface area (Å²) in [7, 11) is 0. The minimum absolute atomic E-state index is 0.237. The highest BCUT2D eigenvalue weighted by Crippen LogP contribution is 2.33. The summed E-state index contributed by atoms with van der Waals surface area (Å²) in [5.41, 5.74) is 3.86. The van der Waals surface area contributed by atoms with Crippen molar-refractivity contribution in [2.24, 2.45) is 0 Å².